The highest BCUT2D eigenvalue weighted by Gasteiger charge is 2.17. The predicted molar refractivity (Wildman–Crippen MR) is 140 cm³/mol. The fourth-order valence-electron chi connectivity index (χ4n) is 4.46. The molecule has 0 bridgehead atoms. The van der Waals surface area contributed by atoms with Crippen molar-refractivity contribution >= 4 is 23.6 Å². The van der Waals surface area contributed by atoms with E-state index in [2.05, 4.69) is 61.6 Å². The quantitative estimate of drug-likeness (QED) is 0.409. The Morgan fingerprint density at radius 2 is 1.49 bits per heavy atom. The molecule has 1 saturated heterocycles. The van der Waals surface area contributed by atoms with Crippen LogP contribution in [0.3, 0.4) is 0 Å². The van der Waals surface area contributed by atoms with E-state index in [1.807, 2.05) is 44.2 Å². The summed E-state index contributed by atoms with van der Waals surface area (Å²) in [7, 11) is 0. The number of benzene rings is 2. The van der Waals surface area contributed by atoms with Crippen LogP contribution in [0.5, 0.6) is 0 Å². The van der Waals surface area contributed by atoms with Crippen molar-refractivity contribution in [2.75, 3.05) is 37.6 Å². The highest BCUT2D eigenvalue weighted by Crippen LogP contribution is 2.21. The molecule has 182 valence electrons. The zero-order valence-electron chi connectivity index (χ0n) is 20.4. The van der Waals surface area contributed by atoms with Gasteiger partial charge in [0.05, 0.1) is 0 Å². The van der Waals surface area contributed by atoms with Crippen molar-refractivity contribution < 1.29 is 9.59 Å². The minimum Gasteiger partial charge on any atom is -0.369 e. The SMILES string of the molecule is Cc1cc(/C=C/C(=O)NNC(=O)CCN2CCN(c3ccccc3)CC2)c(C)n1-c1ccccc1. The summed E-state index contributed by atoms with van der Waals surface area (Å²) in [6, 6.07) is 22.5. The van der Waals surface area contributed by atoms with Crippen molar-refractivity contribution in [2.45, 2.75) is 20.3 Å². The fourth-order valence-corrected chi connectivity index (χ4v) is 4.46. The van der Waals surface area contributed by atoms with Crippen molar-refractivity contribution in [1.29, 1.82) is 0 Å². The zero-order chi connectivity index (χ0) is 24.6. The van der Waals surface area contributed by atoms with Crippen LogP contribution in [-0.2, 0) is 9.59 Å². The van der Waals surface area contributed by atoms with Crippen molar-refractivity contribution in [3.63, 3.8) is 0 Å². The molecule has 0 saturated carbocycles. The topological polar surface area (TPSA) is 69.6 Å². The van der Waals surface area contributed by atoms with Crippen LogP contribution in [-0.4, -0.2) is 54.0 Å². The monoisotopic (exact) mass is 471 g/mol. The van der Waals surface area contributed by atoms with Crippen LogP contribution in [0.1, 0.15) is 23.4 Å². The van der Waals surface area contributed by atoms with Gasteiger partial charge in [-0.15, -0.1) is 0 Å². The number of hydrogen-bond donors (Lipinski definition) is 2. The second-order valence-electron chi connectivity index (χ2n) is 8.78. The summed E-state index contributed by atoms with van der Waals surface area (Å²) in [5.41, 5.74) is 10.4. The van der Waals surface area contributed by atoms with Crippen LogP contribution in [0.4, 0.5) is 5.69 Å². The first-order valence-electron chi connectivity index (χ1n) is 12.0. The summed E-state index contributed by atoms with van der Waals surface area (Å²) in [5.74, 6) is -0.557. The maximum absolute atomic E-state index is 12.2. The Morgan fingerprint density at radius 1 is 0.857 bits per heavy atom. The molecule has 3 aromatic rings. The number of hydrogen-bond acceptors (Lipinski definition) is 4. The molecule has 2 aromatic carbocycles. The smallest absolute Gasteiger partial charge is 0.262 e. The molecule has 1 aliphatic heterocycles. The third kappa shape index (κ3) is 6.39. The molecule has 1 fully saturated rings. The molecule has 1 aliphatic rings. The second kappa shape index (κ2) is 11.5. The lowest BCUT2D eigenvalue weighted by Gasteiger charge is -2.36. The van der Waals surface area contributed by atoms with Gasteiger partial charge in [-0.05, 0) is 55.8 Å². The number of anilines is 1. The number of amides is 2. The Balaban J connectivity index is 1.19. The second-order valence-corrected chi connectivity index (χ2v) is 8.78. The largest absolute Gasteiger partial charge is 0.369 e. The number of rotatable bonds is 7. The molecule has 0 radical (unpaired) electrons. The third-order valence-corrected chi connectivity index (χ3v) is 6.37. The van der Waals surface area contributed by atoms with Gasteiger partial charge >= 0.3 is 0 Å². The Kier molecular flexibility index (Phi) is 8.00. The number of para-hydroxylation sites is 2. The minimum absolute atomic E-state index is 0.195. The summed E-state index contributed by atoms with van der Waals surface area (Å²) in [4.78, 5) is 29.1. The number of nitrogens with zero attached hydrogens (tertiary/aromatic N) is 3. The van der Waals surface area contributed by atoms with E-state index in [0.29, 0.717) is 13.0 Å². The van der Waals surface area contributed by atoms with Crippen LogP contribution in [0.2, 0.25) is 0 Å². The Morgan fingerprint density at radius 3 is 2.14 bits per heavy atom. The molecule has 0 atom stereocenters. The molecule has 35 heavy (non-hydrogen) atoms. The first-order valence-corrected chi connectivity index (χ1v) is 12.0. The van der Waals surface area contributed by atoms with Gasteiger partial charge in [0, 0.05) is 68.0 Å². The molecule has 4 rings (SSSR count). The molecule has 7 heteroatoms. The Labute approximate surface area is 207 Å². The van der Waals surface area contributed by atoms with Crippen LogP contribution >= 0.6 is 0 Å². The van der Waals surface area contributed by atoms with E-state index >= 15 is 0 Å². The van der Waals surface area contributed by atoms with E-state index in [4.69, 9.17) is 0 Å². The molecule has 0 unspecified atom stereocenters. The van der Waals surface area contributed by atoms with Gasteiger partial charge in [0.2, 0.25) is 5.91 Å². The fraction of sp³-hybridized carbons (Fsp3) is 0.286. The molecule has 0 spiro atoms. The van der Waals surface area contributed by atoms with Gasteiger partial charge in [0.15, 0.2) is 0 Å². The number of hydrazine groups is 1. The number of carbonyl (C=O) groups is 2. The number of carbonyl (C=O) groups excluding carboxylic acids is 2. The van der Waals surface area contributed by atoms with E-state index in [9.17, 15) is 9.59 Å². The minimum atomic E-state index is -0.362. The summed E-state index contributed by atoms with van der Waals surface area (Å²) < 4.78 is 2.15. The highest BCUT2D eigenvalue weighted by molar-refractivity contribution is 5.93. The van der Waals surface area contributed by atoms with Crippen molar-refractivity contribution in [2.24, 2.45) is 0 Å². The lowest BCUT2D eigenvalue weighted by molar-refractivity contribution is -0.127. The predicted octanol–water partition coefficient (Wildman–Crippen LogP) is 3.47. The lowest BCUT2D eigenvalue weighted by atomic mass is 10.2. The van der Waals surface area contributed by atoms with Crippen molar-refractivity contribution in [3.8, 4) is 5.69 Å². The van der Waals surface area contributed by atoms with Gasteiger partial charge < -0.3 is 9.47 Å². The van der Waals surface area contributed by atoms with E-state index in [1.165, 1.54) is 11.8 Å². The first-order chi connectivity index (χ1) is 17.0. The van der Waals surface area contributed by atoms with Gasteiger partial charge in [-0.3, -0.25) is 25.3 Å². The van der Waals surface area contributed by atoms with Crippen LogP contribution < -0.4 is 15.8 Å². The molecule has 2 heterocycles. The molecule has 0 aliphatic carbocycles. The standard InChI is InChI=1S/C28H33N5O2/c1-22-21-24(23(2)33(22)26-11-7-4-8-12-26)13-14-27(34)29-30-28(35)15-16-31-17-19-32(20-18-31)25-9-5-3-6-10-25/h3-14,21H,15-20H2,1-2H3,(H,29,34)(H,30,35)/b14-13+. The molecular formula is C28H33N5O2. The van der Waals surface area contributed by atoms with Crippen molar-refractivity contribution in [1.82, 2.24) is 20.3 Å². The maximum atomic E-state index is 12.2. The Hall–Kier alpha value is -3.84. The molecule has 7 nitrogen and oxygen atoms in total. The van der Waals surface area contributed by atoms with E-state index in [0.717, 1.165) is 48.8 Å². The van der Waals surface area contributed by atoms with E-state index < -0.39 is 0 Å². The number of nitrogens with one attached hydrogen (secondary N) is 2. The highest BCUT2D eigenvalue weighted by atomic mass is 16.2. The number of aromatic nitrogens is 1. The number of aryl methyl sites for hydroxylation is 1. The van der Waals surface area contributed by atoms with E-state index in [-0.39, 0.29) is 11.8 Å². The normalized spacial score (nSPS) is 14.3. The average Bonchev–Trinajstić information content (AvgIpc) is 3.18. The zero-order valence-corrected chi connectivity index (χ0v) is 20.4. The van der Waals surface area contributed by atoms with Gasteiger partial charge in [0.25, 0.3) is 5.91 Å². The summed E-state index contributed by atoms with van der Waals surface area (Å²) >= 11 is 0. The summed E-state index contributed by atoms with van der Waals surface area (Å²) in [6.45, 7) is 8.46. The summed E-state index contributed by atoms with van der Waals surface area (Å²) in [5, 5.41) is 0. The molecule has 2 amide bonds. The van der Waals surface area contributed by atoms with Gasteiger partial charge in [-0.25, -0.2) is 0 Å². The van der Waals surface area contributed by atoms with Crippen LogP contribution in [0.25, 0.3) is 11.8 Å². The number of piperazine rings is 1. The van der Waals surface area contributed by atoms with Gasteiger partial charge in [0.1, 0.15) is 0 Å². The molecule has 1 aromatic heterocycles. The van der Waals surface area contributed by atoms with Gasteiger partial charge in [-0.2, -0.15) is 0 Å². The first kappa shape index (κ1) is 24.3. The van der Waals surface area contributed by atoms with Crippen LogP contribution in [0.15, 0.2) is 72.8 Å². The van der Waals surface area contributed by atoms with Crippen LogP contribution in [0, 0.1) is 13.8 Å². The Bertz CT molecular complexity index is 1160. The molecule has 2 N–H and O–H groups in total. The average molecular weight is 472 g/mol. The summed E-state index contributed by atoms with van der Waals surface area (Å²) in [6.07, 6.45) is 3.56. The van der Waals surface area contributed by atoms with E-state index in [1.54, 1.807) is 6.08 Å². The maximum Gasteiger partial charge on any atom is 0.262 e. The van der Waals surface area contributed by atoms with Gasteiger partial charge in [-0.1, -0.05) is 36.4 Å². The third-order valence-electron chi connectivity index (χ3n) is 6.37. The lowest BCUT2D eigenvalue weighted by Crippen LogP contribution is -2.48. The van der Waals surface area contributed by atoms with Crippen molar-refractivity contribution in [3.05, 3.63) is 89.8 Å². The molecular weight excluding hydrogens is 438 g/mol.